The number of nitrogens with zero attached hydrogens (tertiary/aromatic N) is 3. The van der Waals surface area contributed by atoms with Crippen molar-refractivity contribution < 1.29 is 28.7 Å². The Labute approximate surface area is 347 Å². The molecule has 3 N–H and O–H groups in total. The average Bonchev–Trinajstić information content (AvgIpc) is 3.93. The minimum absolute atomic E-state index is 0.103. The molecule has 12 nitrogen and oxygen atoms in total. The summed E-state index contributed by atoms with van der Waals surface area (Å²) in [4.78, 5) is 72.3. The van der Waals surface area contributed by atoms with E-state index in [9.17, 15) is 24.0 Å². The van der Waals surface area contributed by atoms with Gasteiger partial charge in [-0.05, 0) is 113 Å². The number of anilines is 2. The Bertz CT molecular complexity index is 2070. The molecule has 2 aliphatic heterocycles. The first-order valence-electron chi connectivity index (χ1n) is 20.5. The second-order valence-electron chi connectivity index (χ2n) is 16.3. The van der Waals surface area contributed by atoms with Crippen LogP contribution in [0, 0.1) is 0 Å². The maximum Gasteiger partial charge on any atom is 0.410 e. The van der Waals surface area contributed by atoms with Gasteiger partial charge in [-0.3, -0.25) is 24.1 Å². The number of carbonyl (C=O) groups excluding carboxylic acids is 5. The maximum atomic E-state index is 14.1. The molecular weight excluding hydrogens is 745 g/mol. The summed E-state index contributed by atoms with van der Waals surface area (Å²) in [5.74, 6) is -0.896. The topological polar surface area (TPSA) is 140 Å². The number of ether oxygens (including phenoxy) is 1. The lowest BCUT2D eigenvalue weighted by Crippen LogP contribution is -2.49. The van der Waals surface area contributed by atoms with Crippen molar-refractivity contribution in [3.63, 3.8) is 0 Å². The van der Waals surface area contributed by atoms with Crippen molar-refractivity contribution in [3.05, 3.63) is 131 Å². The Morgan fingerprint density at radius 2 is 1.10 bits per heavy atom. The van der Waals surface area contributed by atoms with Crippen LogP contribution in [0.25, 0.3) is 0 Å². The molecule has 6 rings (SSSR count). The zero-order valence-electron chi connectivity index (χ0n) is 34.6. The molecule has 2 fully saturated rings. The van der Waals surface area contributed by atoms with Gasteiger partial charge in [-0.2, -0.15) is 0 Å². The molecule has 4 aromatic rings. The van der Waals surface area contributed by atoms with Gasteiger partial charge >= 0.3 is 6.09 Å². The van der Waals surface area contributed by atoms with E-state index in [4.69, 9.17) is 4.74 Å². The number of benzene rings is 4. The molecule has 0 radical (unpaired) electrons. The molecule has 0 aliphatic carbocycles. The number of rotatable bonds is 13. The number of carbonyl (C=O) groups is 5. The first-order chi connectivity index (χ1) is 28.3. The Kier molecular flexibility index (Phi) is 13.8. The van der Waals surface area contributed by atoms with Crippen LogP contribution in [-0.4, -0.2) is 89.3 Å². The van der Waals surface area contributed by atoms with E-state index < -0.39 is 35.9 Å². The number of likely N-dealkylation sites (tertiary alicyclic amines) is 2. The molecule has 0 spiro atoms. The number of nitrogens with one attached hydrogen (secondary N) is 3. The van der Waals surface area contributed by atoms with Crippen LogP contribution in [0.2, 0.25) is 0 Å². The standard InChI is InChI=1S/C47H56N6O6/c1-47(2,3)59-46(58)51(5)41(35-16-10-7-11-17-35)45(57)53-31-13-19-39(53)43(55)50-37-28-24-33(25-29-37)21-20-32-22-26-36(27-23-32)49-42(54)38-18-12-30-52(38)44(56)40(48-4)34-14-8-6-9-15-34/h6-11,14-17,22-29,38-41,48H,12-13,18-21,30-31H2,1-5H3,(H,49,54)(H,50,55)/t38-,39-,40-,41-/m0/s1. The average molecular weight is 801 g/mol. The number of amides is 5. The summed E-state index contributed by atoms with van der Waals surface area (Å²) in [6.45, 7) is 6.27. The lowest BCUT2D eigenvalue weighted by Gasteiger charge is -2.34. The third-order valence-electron chi connectivity index (χ3n) is 10.9. The minimum Gasteiger partial charge on any atom is -0.444 e. The molecule has 2 heterocycles. The molecule has 59 heavy (non-hydrogen) atoms. The number of hydrogen-bond donors (Lipinski definition) is 3. The van der Waals surface area contributed by atoms with Gasteiger partial charge in [0.05, 0.1) is 0 Å². The summed E-state index contributed by atoms with van der Waals surface area (Å²) in [5, 5.41) is 9.13. The summed E-state index contributed by atoms with van der Waals surface area (Å²) < 4.78 is 5.59. The molecular formula is C47H56N6O6. The van der Waals surface area contributed by atoms with Crippen molar-refractivity contribution in [2.24, 2.45) is 0 Å². The minimum atomic E-state index is -0.953. The van der Waals surface area contributed by atoms with Gasteiger partial charge in [-0.15, -0.1) is 0 Å². The summed E-state index contributed by atoms with van der Waals surface area (Å²) in [7, 11) is 3.31. The number of aryl methyl sites for hydroxylation is 2. The SMILES string of the molecule is CN[C@H](C(=O)N1CCC[C@H]1C(=O)Nc1ccc(CCc2ccc(NC(=O)[C@@H]3CCCN3C(=O)[C@H](c3ccccc3)N(C)C(=O)OC(C)(C)C)cc2)cc1)c1ccccc1. The highest BCUT2D eigenvalue weighted by atomic mass is 16.6. The normalized spacial score (nSPS) is 17.5. The first-order valence-corrected chi connectivity index (χ1v) is 20.5. The zero-order valence-corrected chi connectivity index (χ0v) is 34.6. The Morgan fingerprint density at radius 3 is 1.54 bits per heavy atom. The van der Waals surface area contributed by atoms with Gasteiger partial charge in [0, 0.05) is 31.5 Å². The van der Waals surface area contributed by atoms with E-state index in [0.717, 1.165) is 36.0 Å². The summed E-state index contributed by atoms with van der Waals surface area (Å²) in [6, 6.07) is 31.4. The fraction of sp³-hybridized carbons (Fsp3) is 0.383. The van der Waals surface area contributed by atoms with E-state index in [0.29, 0.717) is 49.3 Å². The predicted octanol–water partition coefficient (Wildman–Crippen LogP) is 6.90. The number of likely N-dealkylation sites (N-methyl/N-ethyl adjacent to an activating group) is 2. The van der Waals surface area contributed by atoms with Gasteiger partial charge in [0.1, 0.15) is 29.8 Å². The van der Waals surface area contributed by atoms with E-state index in [1.165, 1.54) is 4.90 Å². The van der Waals surface area contributed by atoms with Gasteiger partial charge in [-0.25, -0.2) is 4.79 Å². The van der Waals surface area contributed by atoms with Crippen molar-refractivity contribution in [3.8, 4) is 0 Å². The molecule has 2 aliphatic rings. The van der Waals surface area contributed by atoms with Gasteiger partial charge in [-0.1, -0.05) is 84.9 Å². The number of hydrogen-bond acceptors (Lipinski definition) is 7. The first kappa shape index (κ1) is 42.6. The maximum absolute atomic E-state index is 14.1. The smallest absolute Gasteiger partial charge is 0.410 e. The molecule has 0 bridgehead atoms. The monoisotopic (exact) mass is 800 g/mol. The van der Waals surface area contributed by atoms with E-state index in [1.54, 1.807) is 56.8 Å². The fourth-order valence-electron chi connectivity index (χ4n) is 7.86. The van der Waals surface area contributed by atoms with E-state index in [2.05, 4.69) is 16.0 Å². The summed E-state index contributed by atoms with van der Waals surface area (Å²) in [6.07, 6.45) is 3.49. The van der Waals surface area contributed by atoms with Crippen molar-refractivity contribution in [2.75, 3.05) is 37.8 Å². The van der Waals surface area contributed by atoms with Gasteiger partial charge in [0.2, 0.25) is 17.7 Å². The molecule has 12 heteroatoms. The van der Waals surface area contributed by atoms with Crippen LogP contribution in [0.5, 0.6) is 0 Å². The van der Waals surface area contributed by atoms with Crippen molar-refractivity contribution in [1.29, 1.82) is 0 Å². The Hall–Kier alpha value is -6.01. The molecule has 0 saturated carbocycles. The van der Waals surface area contributed by atoms with Crippen molar-refractivity contribution in [2.45, 2.75) is 89.1 Å². The van der Waals surface area contributed by atoms with Crippen LogP contribution in [0.4, 0.5) is 16.2 Å². The zero-order chi connectivity index (χ0) is 42.1. The van der Waals surface area contributed by atoms with Crippen LogP contribution < -0.4 is 16.0 Å². The van der Waals surface area contributed by atoms with E-state index >= 15 is 0 Å². The van der Waals surface area contributed by atoms with Gasteiger partial charge in [0.15, 0.2) is 0 Å². The summed E-state index contributed by atoms with van der Waals surface area (Å²) >= 11 is 0. The molecule has 5 amide bonds. The predicted molar refractivity (Wildman–Crippen MR) is 228 cm³/mol. The van der Waals surface area contributed by atoms with Gasteiger partial charge < -0.3 is 30.5 Å². The summed E-state index contributed by atoms with van der Waals surface area (Å²) in [5.41, 5.74) is 4.28. The molecule has 4 atom stereocenters. The van der Waals surface area contributed by atoms with E-state index in [1.807, 2.05) is 97.1 Å². The lowest BCUT2D eigenvalue weighted by atomic mass is 10.0. The molecule has 2 saturated heterocycles. The fourth-order valence-corrected chi connectivity index (χ4v) is 7.86. The third-order valence-corrected chi connectivity index (χ3v) is 10.9. The van der Waals surface area contributed by atoms with Crippen molar-refractivity contribution >= 4 is 41.1 Å². The highest BCUT2D eigenvalue weighted by molar-refractivity contribution is 5.99. The third kappa shape index (κ3) is 10.7. The van der Waals surface area contributed by atoms with Crippen LogP contribution in [0.15, 0.2) is 109 Å². The lowest BCUT2D eigenvalue weighted by molar-refractivity contribution is -0.141. The molecule has 0 unspecified atom stereocenters. The quantitative estimate of drug-likeness (QED) is 0.134. The molecule has 0 aromatic heterocycles. The van der Waals surface area contributed by atoms with Crippen molar-refractivity contribution in [1.82, 2.24) is 20.0 Å². The molecule has 310 valence electrons. The second kappa shape index (κ2) is 19.2. The van der Waals surface area contributed by atoms with Gasteiger partial charge in [0.25, 0.3) is 5.91 Å². The van der Waals surface area contributed by atoms with Crippen LogP contribution >= 0.6 is 0 Å². The Morgan fingerprint density at radius 1 is 0.661 bits per heavy atom. The molecule has 4 aromatic carbocycles. The Balaban J connectivity index is 1.01. The van der Waals surface area contributed by atoms with E-state index in [-0.39, 0.29) is 23.6 Å². The largest absolute Gasteiger partial charge is 0.444 e. The second-order valence-corrected chi connectivity index (χ2v) is 16.3. The highest BCUT2D eigenvalue weighted by Gasteiger charge is 2.41. The van der Waals surface area contributed by atoms with Crippen LogP contribution in [0.3, 0.4) is 0 Å². The van der Waals surface area contributed by atoms with Crippen LogP contribution in [-0.2, 0) is 36.8 Å². The highest BCUT2D eigenvalue weighted by Crippen LogP contribution is 2.30. The van der Waals surface area contributed by atoms with Crippen LogP contribution in [0.1, 0.15) is 80.8 Å².